The van der Waals surface area contributed by atoms with E-state index in [2.05, 4.69) is 25.8 Å². The SMILES string of the molecule is CNC(=O)c1cc(Oc2ccc(NC(=O)Nc3cccc(OCCN4CCCC4)c3C)cc2)ccn1. The molecular formula is C27H31N5O4. The maximum Gasteiger partial charge on any atom is 0.323 e. The van der Waals surface area contributed by atoms with Crippen molar-refractivity contribution in [3.05, 3.63) is 72.1 Å². The number of carbonyl (C=O) groups excluding carboxylic acids is 2. The summed E-state index contributed by atoms with van der Waals surface area (Å²) in [5, 5.41) is 8.24. The van der Waals surface area contributed by atoms with Crippen molar-refractivity contribution in [2.45, 2.75) is 19.8 Å². The second-order valence-electron chi connectivity index (χ2n) is 8.49. The predicted octanol–water partition coefficient (Wildman–Crippen LogP) is 4.66. The van der Waals surface area contributed by atoms with Crippen molar-refractivity contribution in [1.82, 2.24) is 15.2 Å². The Morgan fingerprint density at radius 2 is 1.78 bits per heavy atom. The third-order valence-corrected chi connectivity index (χ3v) is 5.94. The number of rotatable bonds is 9. The zero-order chi connectivity index (χ0) is 25.3. The Morgan fingerprint density at radius 3 is 2.53 bits per heavy atom. The van der Waals surface area contributed by atoms with Crippen LogP contribution in [0.1, 0.15) is 28.9 Å². The molecule has 2 heterocycles. The molecule has 188 valence electrons. The van der Waals surface area contributed by atoms with Gasteiger partial charge in [-0.3, -0.25) is 14.7 Å². The van der Waals surface area contributed by atoms with Crippen LogP contribution in [0.15, 0.2) is 60.8 Å². The summed E-state index contributed by atoms with van der Waals surface area (Å²) in [7, 11) is 1.54. The van der Waals surface area contributed by atoms with E-state index in [1.165, 1.54) is 19.0 Å². The number of ether oxygens (including phenoxy) is 2. The molecule has 1 fully saturated rings. The van der Waals surface area contributed by atoms with E-state index >= 15 is 0 Å². The van der Waals surface area contributed by atoms with Crippen molar-refractivity contribution in [1.29, 1.82) is 0 Å². The van der Waals surface area contributed by atoms with Crippen LogP contribution in [0.3, 0.4) is 0 Å². The van der Waals surface area contributed by atoms with E-state index in [1.807, 2.05) is 25.1 Å². The summed E-state index contributed by atoms with van der Waals surface area (Å²) in [6, 6.07) is 15.4. The van der Waals surface area contributed by atoms with Gasteiger partial charge in [0.15, 0.2) is 0 Å². The van der Waals surface area contributed by atoms with E-state index < -0.39 is 0 Å². The van der Waals surface area contributed by atoms with E-state index in [4.69, 9.17) is 9.47 Å². The van der Waals surface area contributed by atoms with Crippen LogP contribution in [-0.2, 0) is 0 Å². The average Bonchev–Trinajstić information content (AvgIpc) is 3.41. The number of hydrogen-bond donors (Lipinski definition) is 3. The minimum atomic E-state index is -0.356. The molecule has 3 amide bonds. The van der Waals surface area contributed by atoms with E-state index in [0.29, 0.717) is 29.5 Å². The van der Waals surface area contributed by atoms with Crippen LogP contribution in [0.25, 0.3) is 0 Å². The van der Waals surface area contributed by atoms with Gasteiger partial charge in [-0.15, -0.1) is 0 Å². The van der Waals surface area contributed by atoms with Crippen molar-refractivity contribution >= 4 is 23.3 Å². The number of amides is 3. The summed E-state index contributed by atoms with van der Waals surface area (Å²) < 4.78 is 11.8. The Balaban J connectivity index is 1.30. The number of carbonyl (C=O) groups is 2. The zero-order valence-electron chi connectivity index (χ0n) is 20.5. The van der Waals surface area contributed by atoms with Gasteiger partial charge in [-0.25, -0.2) is 4.79 Å². The number of benzene rings is 2. The van der Waals surface area contributed by atoms with E-state index in [1.54, 1.807) is 43.4 Å². The molecule has 0 saturated carbocycles. The highest BCUT2D eigenvalue weighted by molar-refractivity contribution is 6.00. The number of aromatic nitrogens is 1. The highest BCUT2D eigenvalue weighted by Crippen LogP contribution is 2.26. The van der Waals surface area contributed by atoms with Crippen LogP contribution >= 0.6 is 0 Å². The fraction of sp³-hybridized carbons (Fsp3) is 0.296. The molecular weight excluding hydrogens is 458 g/mol. The van der Waals surface area contributed by atoms with Gasteiger partial charge >= 0.3 is 6.03 Å². The molecule has 9 heteroatoms. The van der Waals surface area contributed by atoms with Gasteiger partial charge in [0.1, 0.15) is 29.5 Å². The molecule has 0 atom stereocenters. The highest BCUT2D eigenvalue weighted by atomic mass is 16.5. The first-order valence-electron chi connectivity index (χ1n) is 12.0. The predicted molar refractivity (Wildman–Crippen MR) is 139 cm³/mol. The second kappa shape index (κ2) is 12.0. The molecule has 4 rings (SSSR count). The maximum atomic E-state index is 12.6. The van der Waals surface area contributed by atoms with Gasteiger partial charge in [0, 0.05) is 42.8 Å². The van der Waals surface area contributed by atoms with E-state index in [9.17, 15) is 9.59 Å². The molecule has 0 unspecified atom stereocenters. The second-order valence-corrected chi connectivity index (χ2v) is 8.49. The van der Waals surface area contributed by atoms with Crippen LogP contribution in [0.2, 0.25) is 0 Å². The van der Waals surface area contributed by atoms with Crippen molar-refractivity contribution < 1.29 is 19.1 Å². The molecule has 2 aromatic carbocycles. The fourth-order valence-electron chi connectivity index (χ4n) is 3.95. The number of hydrogen-bond acceptors (Lipinski definition) is 6. The van der Waals surface area contributed by atoms with Crippen LogP contribution in [0.5, 0.6) is 17.2 Å². The Hall–Kier alpha value is -4.11. The summed E-state index contributed by atoms with van der Waals surface area (Å²) in [5.41, 5.74) is 2.44. The van der Waals surface area contributed by atoms with Crippen molar-refractivity contribution in [3.8, 4) is 17.2 Å². The van der Waals surface area contributed by atoms with Gasteiger partial charge in [0.2, 0.25) is 0 Å². The molecule has 0 radical (unpaired) electrons. The van der Waals surface area contributed by atoms with Gasteiger partial charge in [-0.2, -0.15) is 0 Å². The van der Waals surface area contributed by atoms with Gasteiger partial charge in [-0.1, -0.05) is 6.07 Å². The molecule has 3 aromatic rings. The van der Waals surface area contributed by atoms with Crippen molar-refractivity contribution in [2.24, 2.45) is 0 Å². The molecule has 0 spiro atoms. The number of anilines is 2. The third kappa shape index (κ3) is 6.73. The lowest BCUT2D eigenvalue weighted by atomic mass is 10.2. The lowest BCUT2D eigenvalue weighted by Gasteiger charge is -2.17. The van der Waals surface area contributed by atoms with Crippen LogP contribution in [0, 0.1) is 6.92 Å². The van der Waals surface area contributed by atoms with Crippen molar-refractivity contribution in [3.63, 3.8) is 0 Å². The van der Waals surface area contributed by atoms with Gasteiger partial charge < -0.3 is 25.4 Å². The monoisotopic (exact) mass is 489 g/mol. The van der Waals surface area contributed by atoms with Gasteiger partial charge in [0.05, 0.1) is 0 Å². The molecule has 1 saturated heterocycles. The lowest BCUT2D eigenvalue weighted by Crippen LogP contribution is -2.25. The van der Waals surface area contributed by atoms with E-state index in [-0.39, 0.29) is 17.6 Å². The Labute approximate surface area is 210 Å². The number of nitrogens with one attached hydrogen (secondary N) is 3. The number of nitrogens with zero attached hydrogens (tertiary/aromatic N) is 2. The summed E-state index contributed by atoms with van der Waals surface area (Å²) in [6.45, 7) is 5.74. The molecule has 9 nitrogen and oxygen atoms in total. The molecule has 0 aliphatic carbocycles. The first-order chi connectivity index (χ1) is 17.5. The largest absolute Gasteiger partial charge is 0.492 e. The summed E-state index contributed by atoms with van der Waals surface area (Å²) in [5.74, 6) is 1.52. The first-order valence-corrected chi connectivity index (χ1v) is 12.0. The first kappa shape index (κ1) is 25.0. The Kier molecular flexibility index (Phi) is 8.36. The maximum absolute atomic E-state index is 12.6. The van der Waals surface area contributed by atoms with Gasteiger partial charge in [0.25, 0.3) is 5.91 Å². The number of likely N-dealkylation sites (tertiary alicyclic amines) is 1. The standard InChI is InChI=1S/C27H31N5O4/c1-19-23(6-5-7-25(19)35-17-16-32-14-3-4-15-32)31-27(34)30-20-8-10-21(11-9-20)36-22-12-13-29-24(18-22)26(33)28-2/h5-13,18H,3-4,14-17H2,1-2H3,(H,28,33)(H2,30,31,34). The minimum Gasteiger partial charge on any atom is -0.492 e. The number of urea groups is 1. The quantitative estimate of drug-likeness (QED) is 0.404. The van der Waals surface area contributed by atoms with Crippen LogP contribution in [-0.4, -0.2) is 55.1 Å². The highest BCUT2D eigenvalue weighted by Gasteiger charge is 2.13. The smallest absolute Gasteiger partial charge is 0.323 e. The lowest BCUT2D eigenvalue weighted by molar-refractivity contribution is 0.0958. The minimum absolute atomic E-state index is 0.265. The average molecular weight is 490 g/mol. The zero-order valence-corrected chi connectivity index (χ0v) is 20.5. The summed E-state index contributed by atoms with van der Waals surface area (Å²) in [6.07, 6.45) is 4.03. The third-order valence-electron chi connectivity index (χ3n) is 5.94. The molecule has 1 aliphatic heterocycles. The summed E-state index contributed by atoms with van der Waals surface area (Å²) in [4.78, 5) is 30.8. The summed E-state index contributed by atoms with van der Waals surface area (Å²) >= 11 is 0. The molecule has 0 bridgehead atoms. The normalized spacial score (nSPS) is 13.2. The number of pyridine rings is 1. The topological polar surface area (TPSA) is 105 Å². The molecule has 1 aromatic heterocycles. The fourth-order valence-corrected chi connectivity index (χ4v) is 3.95. The van der Waals surface area contributed by atoms with Crippen LogP contribution in [0.4, 0.5) is 16.2 Å². The molecule has 1 aliphatic rings. The van der Waals surface area contributed by atoms with E-state index in [0.717, 1.165) is 30.9 Å². The molecule has 3 N–H and O–H groups in total. The van der Waals surface area contributed by atoms with Gasteiger partial charge in [-0.05, 0) is 75.3 Å². The Bertz CT molecular complexity index is 1190. The van der Waals surface area contributed by atoms with Crippen molar-refractivity contribution in [2.75, 3.05) is 43.9 Å². The van der Waals surface area contributed by atoms with Crippen LogP contribution < -0.4 is 25.4 Å². The molecule has 36 heavy (non-hydrogen) atoms. The Morgan fingerprint density at radius 1 is 1.00 bits per heavy atom.